The first kappa shape index (κ1) is 15.8. The first-order valence-electron chi connectivity index (χ1n) is 7.40. The zero-order valence-electron chi connectivity index (χ0n) is 12.7. The van der Waals surface area contributed by atoms with Gasteiger partial charge >= 0.3 is 0 Å². The number of hydrogen-bond donors (Lipinski definition) is 0. The summed E-state index contributed by atoms with van der Waals surface area (Å²) in [7, 11) is 0. The van der Waals surface area contributed by atoms with E-state index >= 15 is 0 Å². The molecular weight excluding hydrogens is 264 g/mol. The minimum Gasteiger partial charge on any atom is -0.348 e. The van der Waals surface area contributed by atoms with Crippen molar-refractivity contribution >= 4 is 6.29 Å². The zero-order chi connectivity index (χ0) is 15.1. The van der Waals surface area contributed by atoms with Crippen LogP contribution in [-0.2, 0) is 14.3 Å². The van der Waals surface area contributed by atoms with Gasteiger partial charge in [0, 0.05) is 23.0 Å². The fourth-order valence-corrected chi connectivity index (χ4v) is 2.09. The molecule has 0 amide bonds. The lowest BCUT2D eigenvalue weighted by Crippen LogP contribution is -2.18. The average Bonchev–Trinajstić information content (AvgIpc) is 2.53. The lowest BCUT2D eigenvalue weighted by atomic mass is 9.90. The third-order valence-electron chi connectivity index (χ3n) is 3.48. The Morgan fingerprint density at radius 2 is 2.00 bits per heavy atom. The molecule has 0 bridgehead atoms. The predicted octanol–water partition coefficient (Wildman–Crippen LogP) is 3.48. The molecule has 0 atom stereocenters. The van der Waals surface area contributed by atoms with Crippen molar-refractivity contribution in [1.29, 1.82) is 0 Å². The van der Waals surface area contributed by atoms with Gasteiger partial charge in [0.1, 0.15) is 6.29 Å². The Labute approximate surface area is 126 Å². The molecule has 3 heteroatoms. The third-order valence-corrected chi connectivity index (χ3v) is 3.48. The summed E-state index contributed by atoms with van der Waals surface area (Å²) in [6, 6.07) is 7.91. The van der Waals surface area contributed by atoms with Crippen LogP contribution in [0.1, 0.15) is 50.5 Å². The SMILES string of the molecule is CC(C)(C=O)CCC#Cc1ccccc1C1OCCCO1. The molecule has 0 aliphatic carbocycles. The largest absolute Gasteiger partial charge is 0.348 e. The van der Waals surface area contributed by atoms with Crippen molar-refractivity contribution in [2.45, 2.75) is 39.4 Å². The Kier molecular flexibility index (Phi) is 5.55. The maximum atomic E-state index is 10.9. The summed E-state index contributed by atoms with van der Waals surface area (Å²) in [4.78, 5) is 10.9. The molecule has 21 heavy (non-hydrogen) atoms. The van der Waals surface area contributed by atoms with Crippen LogP contribution in [0.3, 0.4) is 0 Å². The minimum absolute atomic E-state index is 0.302. The number of rotatable bonds is 4. The fraction of sp³-hybridized carbons (Fsp3) is 0.500. The average molecular weight is 286 g/mol. The Balaban J connectivity index is 2.05. The van der Waals surface area contributed by atoms with E-state index in [0.717, 1.165) is 43.5 Å². The molecule has 3 nitrogen and oxygen atoms in total. The quantitative estimate of drug-likeness (QED) is 0.628. The molecule has 1 aromatic carbocycles. The molecule has 112 valence electrons. The van der Waals surface area contributed by atoms with Crippen LogP contribution in [0.25, 0.3) is 0 Å². The Morgan fingerprint density at radius 1 is 1.29 bits per heavy atom. The van der Waals surface area contributed by atoms with Crippen LogP contribution in [-0.4, -0.2) is 19.5 Å². The van der Waals surface area contributed by atoms with Crippen molar-refractivity contribution in [2.24, 2.45) is 5.41 Å². The first-order chi connectivity index (χ1) is 10.1. The van der Waals surface area contributed by atoms with Crippen molar-refractivity contribution in [2.75, 3.05) is 13.2 Å². The second-order valence-corrected chi connectivity index (χ2v) is 5.92. The van der Waals surface area contributed by atoms with Gasteiger partial charge in [-0.25, -0.2) is 0 Å². The van der Waals surface area contributed by atoms with E-state index in [1.54, 1.807) is 0 Å². The van der Waals surface area contributed by atoms with E-state index in [1.807, 2.05) is 38.1 Å². The number of ether oxygens (including phenoxy) is 2. The van der Waals surface area contributed by atoms with Crippen LogP contribution in [0.4, 0.5) is 0 Å². The molecule has 0 spiro atoms. The van der Waals surface area contributed by atoms with Gasteiger partial charge in [0.2, 0.25) is 0 Å². The summed E-state index contributed by atoms with van der Waals surface area (Å²) in [6.07, 6.45) is 3.09. The van der Waals surface area contributed by atoms with Gasteiger partial charge in [-0.2, -0.15) is 0 Å². The topological polar surface area (TPSA) is 35.5 Å². The van der Waals surface area contributed by atoms with Crippen LogP contribution >= 0.6 is 0 Å². The fourth-order valence-electron chi connectivity index (χ4n) is 2.09. The highest BCUT2D eigenvalue weighted by Gasteiger charge is 2.19. The van der Waals surface area contributed by atoms with Crippen molar-refractivity contribution in [3.8, 4) is 11.8 Å². The molecule has 1 aromatic rings. The van der Waals surface area contributed by atoms with Gasteiger partial charge in [0.05, 0.1) is 13.2 Å². The number of carbonyl (C=O) groups is 1. The lowest BCUT2D eigenvalue weighted by Gasteiger charge is -2.24. The molecule has 1 saturated heterocycles. The van der Waals surface area contributed by atoms with Crippen LogP contribution in [0, 0.1) is 17.3 Å². The van der Waals surface area contributed by atoms with Crippen LogP contribution in [0.2, 0.25) is 0 Å². The summed E-state index contributed by atoms with van der Waals surface area (Å²) in [5.74, 6) is 6.33. The summed E-state index contributed by atoms with van der Waals surface area (Å²) < 4.78 is 11.3. The van der Waals surface area contributed by atoms with Crippen molar-refractivity contribution in [1.82, 2.24) is 0 Å². The Morgan fingerprint density at radius 3 is 2.71 bits per heavy atom. The number of benzene rings is 1. The van der Waals surface area contributed by atoms with Gasteiger partial charge in [-0.1, -0.05) is 43.9 Å². The highest BCUT2D eigenvalue weighted by Crippen LogP contribution is 2.25. The van der Waals surface area contributed by atoms with E-state index in [1.165, 1.54) is 0 Å². The van der Waals surface area contributed by atoms with Crippen molar-refractivity contribution in [3.63, 3.8) is 0 Å². The summed E-state index contributed by atoms with van der Waals surface area (Å²) in [5.41, 5.74) is 1.62. The van der Waals surface area contributed by atoms with Gasteiger partial charge in [-0.05, 0) is 18.9 Å². The van der Waals surface area contributed by atoms with Gasteiger partial charge in [0.15, 0.2) is 6.29 Å². The highest BCUT2D eigenvalue weighted by atomic mass is 16.7. The Hall–Kier alpha value is -1.63. The van der Waals surface area contributed by atoms with Crippen LogP contribution in [0.5, 0.6) is 0 Å². The van der Waals surface area contributed by atoms with Gasteiger partial charge in [-0.3, -0.25) is 0 Å². The van der Waals surface area contributed by atoms with Crippen molar-refractivity contribution in [3.05, 3.63) is 35.4 Å². The number of aldehydes is 1. The monoisotopic (exact) mass is 286 g/mol. The molecule has 0 radical (unpaired) electrons. The van der Waals surface area contributed by atoms with E-state index < -0.39 is 0 Å². The summed E-state index contributed by atoms with van der Waals surface area (Å²) >= 11 is 0. The maximum absolute atomic E-state index is 10.9. The Bertz CT molecular complexity index is 531. The highest BCUT2D eigenvalue weighted by molar-refractivity contribution is 5.57. The molecule has 0 N–H and O–H groups in total. The van der Waals surface area contributed by atoms with E-state index in [-0.39, 0.29) is 11.7 Å². The van der Waals surface area contributed by atoms with Crippen molar-refractivity contribution < 1.29 is 14.3 Å². The molecule has 1 fully saturated rings. The predicted molar refractivity (Wildman–Crippen MR) is 81.7 cm³/mol. The molecule has 1 heterocycles. The summed E-state index contributed by atoms with van der Waals surface area (Å²) in [6.45, 7) is 5.30. The molecule has 0 aromatic heterocycles. The standard InChI is InChI=1S/C18H22O3/c1-18(2,14-19)11-6-5-9-15-8-3-4-10-16(15)17-20-12-7-13-21-17/h3-4,8,10,14,17H,6-7,11-13H2,1-2H3. The van der Waals surface area contributed by atoms with Crippen LogP contribution in [0.15, 0.2) is 24.3 Å². The maximum Gasteiger partial charge on any atom is 0.184 e. The summed E-state index contributed by atoms with van der Waals surface area (Å²) in [5, 5.41) is 0. The van der Waals surface area contributed by atoms with E-state index in [9.17, 15) is 4.79 Å². The number of hydrogen-bond acceptors (Lipinski definition) is 3. The molecule has 0 unspecified atom stereocenters. The van der Waals surface area contributed by atoms with E-state index in [0.29, 0.717) is 6.42 Å². The minimum atomic E-state index is -0.310. The normalized spacial score (nSPS) is 16.1. The smallest absolute Gasteiger partial charge is 0.184 e. The van der Waals surface area contributed by atoms with Gasteiger partial charge < -0.3 is 14.3 Å². The van der Waals surface area contributed by atoms with Gasteiger partial charge in [-0.15, -0.1) is 0 Å². The molecule has 1 aliphatic rings. The second kappa shape index (κ2) is 7.40. The second-order valence-electron chi connectivity index (χ2n) is 5.92. The molecule has 1 aliphatic heterocycles. The first-order valence-corrected chi connectivity index (χ1v) is 7.40. The number of carbonyl (C=O) groups excluding carboxylic acids is 1. The zero-order valence-corrected chi connectivity index (χ0v) is 12.7. The van der Waals surface area contributed by atoms with E-state index in [4.69, 9.17) is 9.47 Å². The van der Waals surface area contributed by atoms with Crippen LogP contribution < -0.4 is 0 Å². The molecule has 0 saturated carbocycles. The lowest BCUT2D eigenvalue weighted by molar-refractivity contribution is -0.183. The molecular formula is C18H22O3. The molecule has 2 rings (SSSR count). The van der Waals surface area contributed by atoms with Gasteiger partial charge in [0.25, 0.3) is 0 Å². The van der Waals surface area contributed by atoms with E-state index in [2.05, 4.69) is 11.8 Å². The third kappa shape index (κ3) is 4.70.